The first kappa shape index (κ1) is 15.0. The highest BCUT2D eigenvalue weighted by Gasteiger charge is 2.39. The summed E-state index contributed by atoms with van der Waals surface area (Å²) in [4.78, 5) is 4.61. The maximum absolute atomic E-state index is 13.3. The van der Waals surface area contributed by atoms with Gasteiger partial charge in [0.2, 0.25) is 0 Å². The van der Waals surface area contributed by atoms with Gasteiger partial charge >= 0.3 is 0 Å². The molecule has 1 N–H and O–H groups in total. The second-order valence-corrected chi connectivity index (χ2v) is 6.28. The summed E-state index contributed by atoms with van der Waals surface area (Å²) >= 11 is 1.35. The standard InChI is InChI=1S/C18H13F2N3S/c19-15-5-1-13(2-6-15)18(14-3-7-16(20)8-4-14)11-21-17(23-18)12-9-22-24-10-12/h1-10H,11H2,(H,21,23). The van der Waals surface area contributed by atoms with Gasteiger partial charge in [0, 0.05) is 10.9 Å². The number of hydrogen-bond acceptors (Lipinski definition) is 4. The fourth-order valence-electron chi connectivity index (χ4n) is 2.93. The van der Waals surface area contributed by atoms with Crippen LogP contribution in [0.2, 0.25) is 0 Å². The number of rotatable bonds is 3. The molecule has 2 heterocycles. The van der Waals surface area contributed by atoms with Crippen LogP contribution in [0.5, 0.6) is 0 Å². The van der Waals surface area contributed by atoms with Crippen molar-refractivity contribution < 1.29 is 8.78 Å². The van der Waals surface area contributed by atoms with E-state index in [2.05, 4.69) is 14.7 Å². The molecule has 0 atom stereocenters. The topological polar surface area (TPSA) is 37.3 Å². The van der Waals surface area contributed by atoms with Gasteiger partial charge in [-0.15, -0.1) is 0 Å². The normalized spacial score (nSPS) is 15.8. The Morgan fingerprint density at radius 3 is 2.00 bits per heavy atom. The van der Waals surface area contributed by atoms with Crippen molar-refractivity contribution in [1.82, 2.24) is 9.69 Å². The van der Waals surface area contributed by atoms with Crippen molar-refractivity contribution in [3.05, 3.63) is 88.4 Å². The van der Waals surface area contributed by atoms with Gasteiger partial charge in [-0.05, 0) is 46.9 Å². The van der Waals surface area contributed by atoms with E-state index in [1.54, 1.807) is 30.5 Å². The zero-order valence-electron chi connectivity index (χ0n) is 12.5. The van der Waals surface area contributed by atoms with Gasteiger partial charge in [-0.25, -0.2) is 13.2 Å². The molecule has 0 unspecified atom stereocenters. The number of aromatic nitrogens is 1. The maximum Gasteiger partial charge on any atom is 0.131 e. The molecule has 0 fully saturated rings. The van der Waals surface area contributed by atoms with Crippen LogP contribution in [-0.2, 0) is 5.54 Å². The van der Waals surface area contributed by atoms with Crippen LogP contribution in [0, 0.1) is 11.6 Å². The lowest BCUT2D eigenvalue weighted by Gasteiger charge is -2.31. The van der Waals surface area contributed by atoms with Gasteiger partial charge in [0.25, 0.3) is 0 Å². The summed E-state index contributed by atoms with van der Waals surface area (Å²) in [6.45, 7) is 0.440. The van der Waals surface area contributed by atoms with E-state index in [0.717, 1.165) is 22.5 Å². The van der Waals surface area contributed by atoms with Crippen LogP contribution in [-0.4, -0.2) is 16.8 Å². The molecule has 2 aromatic carbocycles. The Bertz CT molecular complexity index is 826. The fraction of sp³-hybridized carbons (Fsp3) is 0.111. The Morgan fingerprint density at radius 2 is 1.50 bits per heavy atom. The largest absolute Gasteiger partial charge is 0.354 e. The lowest BCUT2D eigenvalue weighted by atomic mass is 9.83. The molecule has 4 rings (SSSR count). The first-order chi connectivity index (χ1) is 11.7. The van der Waals surface area contributed by atoms with Gasteiger partial charge in [-0.3, -0.25) is 4.99 Å². The Balaban J connectivity index is 1.79. The van der Waals surface area contributed by atoms with Crippen molar-refractivity contribution in [2.45, 2.75) is 5.54 Å². The van der Waals surface area contributed by atoms with E-state index in [1.165, 1.54) is 35.8 Å². The molecule has 3 aromatic rings. The quantitative estimate of drug-likeness (QED) is 0.788. The van der Waals surface area contributed by atoms with E-state index >= 15 is 0 Å². The molecule has 0 saturated carbocycles. The van der Waals surface area contributed by atoms with Gasteiger partial charge in [0.1, 0.15) is 23.0 Å². The lowest BCUT2D eigenvalue weighted by molar-refractivity contribution is 0.520. The van der Waals surface area contributed by atoms with Gasteiger partial charge in [-0.2, -0.15) is 0 Å². The first-order valence-electron chi connectivity index (χ1n) is 7.42. The minimum absolute atomic E-state index is 0.297. The second-order valence-electron chi connectivity index (χ2n) is 5.62. The van der Waals surface area contributed by atoms with Crippen LogP contribution in [0.3, 0.4) is 0 Å². The number of nitrogens with zero attached hydrogens (tertiary/aromatic N) is 2. The number of benzene rings is 2. The Labute approximate surface area is 141 Å². The molecule has 1 aliphatic heterocycles. The third-order valence-corrected chi connectivity index (χ3v) is 4.77. The van der Waals surface area contributed by atoms with Crippen molar-refractivity contribution in [2.24, 2.45) is 4.99 Å². The molecule has 0 aliphatic carbocycles. The monoisotopic (exact) mass is 341 g/mol. The molecule has 24 heavy (non-hydrogen) atoms. The summed E-state index contributed by atoms with van der Waals surface area (Å²) in [5.41, 5.74) is 2.00. The zero-order chi connectivity index (χ0) is 16.6. The van der Waals surface area contributed by atoms with E-state index in [0.29, 0.717) is 6.54 Å². The minimum atomic E-state index is -0.654. The maximum atomic E-state index is 13.3. The minimum Gasteiger partial charge on any atom is -0.354 e. The Kier molecular flexibility index (Phi) is 3.61. The molecular weight excluding hydrogens is 328 g/mol. The van der Waals surface area contributed by atoms with Crippen LogP contribution in [0.4, 0.5) is 8.78 Å². The van der Waals surface area contributed by atoms with E-state index in [1.807, 2.05) is 5.38 Å². The predicted molar refractivity (Wildman–Crippen MR) is 90.2 cm³/mol. The van der Waals surface area contributed by atoms with Gasteiger partial charge in [0.05, 0.1) is 12.7 Å². The third-order valence-electron chi connectivity index (χ3n) is 4.19. The van der Waals surface area contributed by atoms with E-state index in [4.69, 9.17) is 0 Å². The van der Waals surface area contributed by atoms with Crippen molar-refractivity contribution >= 4 is 17.4 Å². The van der Waals surface area contributed by atoms with Crippen molar-refractivity contribution in [1.29, 1.82) is 0 Å². The Morgan fingerprint density at radius 1 is 0.917 bits per heavy atom. The molecule has 0 radical (unpaired) electrons. The molecule has 0 amide bonds. The Hall–Kier alpha value is -2.60. The number of halogens is 2. The van der Waals surface area contributed by atoms with E-state index in [-0.39, 0.29) is 11.6 Å². The van der Waals surface area contributed by atoms with Crippen LogP contribution in [0.1, 0.15) is 16.7 Å². The molecule has 1 aliphatic rings. The smallest absolute Gasteiger partial charge is 0.131 e. The van der Waals surface area contributed by atoms with Gasteiger partial charge < -0.3 is 5.32 Å². The molecule has 3 nitrogen and oxygen atoms in total. The molecule has 120 valence electrons. The summed E-state index contributed by atoms with van der Waals surface area (Å²) < 4.78 is 30.8. The van der Waals surface area contributed by atoms with E-state index in [9.17, 15) is 8.78 Å². The third kappa shape index (κ3) is 2.49. The van der Waals surface area contributed by atoms with Crippen molar-refractivity contribution in [2.75, 3.05) is 6.54 Å². The van der Waals surface area contributed by atoms with Crippen molar-refractivity contribution in [3.63, 3.8) is 0 Å². The molecule has 0 spiro atoms. The summed E-state index contributed by atoms with van der Waals surface area (Å²) in [5, 5.41) is 5.36. The summed E-state index contributed by atoms with van der Waals surface area (Å²) in [6.07, 6.45) is 1.75. The van der Waals surface area contributed by atoms with Crippen LogP contribution >= 0.6 is 11.5 Å². The summed E-state index contributed by atoms with van der Waals surface area (Å²) in [6, 6.07) is 12.6. The van der Waals surface area contributed by atoms with Crippen LogP contribution < -0.4 is 5.32 Å². The summed E-state index contributed by atoms with van der Waals surface area (Å²) in [7, 11) is 0. The molecular formula is C18H13F2N3S. The number of amidine groups is 1. The molecule has 0 saturated heterocycles. The lowest BCUT2D eigenvalue weighted by Crippen LogP contribution is -2.44. The highest BCUT2D eigenvalue weighted by molar-refractivity contribution is 7.03. The highest BCUT2D eigenvalue weighted by atomic mass is 32.1. The average molecular weight is 341 g/mol. The van der Waals surface area contributed by atoms with Crippen LogP contribution in [0.25, 0.3) is 0 Å². The molecule has 1 aromatic heterocycles. The highest BCUT2D eigenvalue weighted by Crippen LogP contribution is 2.34. The fourth-order valence-corrected chi connectivity index (χ4v) is 3.45. The van der Waals surface area contributed by atoms with E-state index < -0.39 is 5.54 Å². The van der Waals surface area contributed by atoms with Gasteiger partial charge in [-0.1, -0.05) is 24.3 Å². The predicted octanol–water partition coefficient (Wildman–Crippen LogP) is 3.71. The molecule has 0 bridgehead atoms. The SMILES string of the molecule is Fc1ccc(C2(c3ccc(F)cc3)CN=C(c3cnsc3)N2)cc1. The number of nitrogens with one attached hydrogen (secondary N) is 1. The number of hydrogen-bond donors (Lipinski definition) is 1. The van der Waals surface area contributed by atoms with Crippen molar-refractivity contribution in [3.8, 4) is 0 Å². The second kappa shape index (κ2) is 5.79. The van der Waals surface area contributed by atoms with Gasteiger partial charge in [0.15, 0.2) is 0 Å². The number of aliphatic imine (C=N–C) groups is 1. The zero-order valence-corrected chi connectivity index (χ0v) is 13.4. The molecule has 6 heteroatoms. The first-order valence-corrected chi connectivity index (χ1v) is 8.25. The van der Waals surface area contributed by atoms with Crippen LogP contribution in [0.15, 0.2) is 65.1 Å². The average Bonchev–Trinajstić information content (AvgIpc) is 3.26. The summed E-state index contributed by atoms with van der Waals surface area (Å²) in [5.74, 6) is 0.140.